The quantitative estimate of drug-likeness (QED) is 0.694. The Morgan fingerprint density at radius 3 is 2.57 bits per heavy atom. The topological polar surface area (TPSA) is 98.5 Å². The highest BCUT2D eigenvalue weighted by atomic mass is 32.1. The van der Waals surface area contributed by atoms with Gasteiger partial charge in [-0.2, -0.15) is 0 Å². The first-order valence-corrected chi connectivity index (χ1v) is 10.1. The molecule has 0 saturated heterocycles. The molecule has 1 aromatic heterocycles. The minimum Gasteiger partial charge on any atom is -0.497 e. The van der Waals surface area contributed by atoms with Crippen LogP contribution in [0.25, 0.3) is 0 Å². The lowest BCUT2D eigenvalue weighted by molar-refractivity contribution is -0.116. The van der Waals surface area contributed by atoms with Crippen molar-refractivity contribution in [2.75, 3.05) is 12.4 Å². The number of thiophene rings is 1. The van der Waals surface area contributed by atoms with Crippen LogP contribution < -0.4 is 15.8 Å². The normalized spacial score (nSPS) is 15.6. The van der Waals surface area contributed by atoms with Gasteiger partial charge in [0.1, 0.15) is 10.8 Å². The molecule has 28 heavy (non-hydrogen) atoms. The van der Waals surface area contributed by atoms with Crippen molar-refractivity contribution >= 4 is 33.9 Å². The summed E-state index contributed by atoms with van der Waals surface area (Å²) in [5.41, 5.74) is 7.51. The molecule has 3 rings (SSSR count). The van der Waals surface area contributed by atoms with Crippen LogP contribution in [0.15, 0.2) is 24.3 Å². The number of methoxy groups -OCH3 is 1. The zero-order valence-corrected chi connectivity index (χ0v) is 16.9. The summed E-state index contributed by atoms with van der Waals surface area (Å²) in [6, 6.07) is 6.78. The number of nitrogens with two attached hydrogens (primary N) is 1. The van der Waals surface area contributed by atoms with Crippen molar-refractivity contribution in [3.05, 3.63) is 45.8 Å². The van der Waals surface area contributed by atoms with E-state index in [4.69, 9.17) is 10.5 Å². The average molecular weight is 401 g/mol. The second-order valence-electron chi connectivity index (χ2n) is 7.12. The minimum absolute atomic E-state index is 0.0437. The molecule has 148 valence electrons. The fourth-order valence-corrected chi connectivity index (χ4v) is 4.87. The van der Waals surface area contributed by atoms with E-state index >= 15 is 0 Å². The summed E-state index contributed by atoms with van der Waals surface area (Å²) < 4.78 is 5.07. The molecule has 1 aliphatic carbocycles. The van der Waals surface area contributed by atoms with Crippen LogP contribution in [0.4, 0.5) is 5.00 Å². The number of Topliss-reactive ketones (excluding diaryl/α,β-unsaturated/α-hetero) is 1. The van der Waals surface area contributed by atoms with Crippen LogP contribution in [-0.2, 0) is 17.6 Å². The number of benzene rings is 1. The van der Waals surface area contributed by atoms with Crippen molar-refractivity contribution in [2.45, 2.75) is 39.0 Å². The van der Waals surface area contributed by atoms with E-state index in [-0.39, 0.29) is 24.5 Å². The molecule has 0 aliphatic heterocycles. The van der Waals surface area contributed by atoms with Crippen LogP contribution >= 0.6 is 11.3 Å². The van der Waals surface area contributed by atoms with Gasteiger partial charge >= 0.3 is 0 Å². The number of rotatable bonds is 7. The molecule has 0 spiro atoms. The van der Waals surface area contributed by atoms with Gasteiger partial charge < -0.3 is 15.8 Å². The van der Waals surface area contributed by atoms with Gasteiger partial charge in [-0.05, 0) is 55.0 Å². The third-order valence-electron chi connectivity index (χ3n) is 5.00. The summed E-state index contributed by atoms with van der Waals surface area (Å²) >= 11 is 1.43. The predicted octanol–water partition coefficient (Wildman–Crippen LogP) is 3.58. The average Bonchev–Trinajstić information content (AvgIpc) is 3.03. The van der Waals surface area contributed by atoms with Gasteiger partial charge in [-0.1, -0.05) is 6.92 Å². The SMILES string of the molecule is COc1ccc(C(=O)CCC(=O)Nc2sc3c(c2C(N)=O)CCC(C)C3)cc1. The van der Waals surface area contributed by atoms with Crippen molar-refractivity contribution in [2.24, 2.45) is 11.7 Å². The van der Waals surface area contributed by atoms with E-state index in [2.05, 4.69) is 12.2 Å². The Morgan fingerprint density at radius 1 is 1.21 bits per heavy atom. The standard InChI is InChI=1S/C21H24N2O4S/c1-12-3-8-15-17(11-12)28-21(19(15)20(22)26)23-18(25)10-9-16(24)13-4-6-14(27-2)7-5-13/h4-7,12H,3,8-11H2,1-2H3,(H2,22,26)(H,23,25). The van der Waals surface area contributed by atoms with Crippen molar-refractivity contribution in [3.8, 4) is 5.75 Å². The fraction of sp³-hybridized carbons (Fsp3) is 0.381. The Bertz CT molecular complexity index is 902. The number of ketones is 1. The number of carbonyl (C=O) groups is 3. The van der Waals surface area contributed by atoms with Crippen molar-refractivity contribution in [1.82, 2.24) is 0 Å². The number of fused-ring (bicyclic) bond motifs is 1. The molecule has 2 aromatic rings. The molecule has 1 heterocycles. The minimum atomic E-state index is -0.517. The van der Waals surface area contributed by atoms with Crippen LogP contribution in [0.5, 0.6) is 5.75 Å². The van der Waals surface area contributed by atoms with Gasteiger partial charge in [-0.25, -0.2) is 0 Å². The summed E-state index contributed by atoms with van der Waals surface area (Å²) in [6.45, 7) is 2.18. The third kappa shape index (κ3) is 4.42. The number of carbonyl (C=O) groups excluding carboxylic acids is 3. The second kappa shape index (κ2) is 8.56. The Hall–Kier alpha value is -2.67. The molecular formula is C21H24N2O4S. The van der Waals surface area contributed by atoms with E-state index in [9.17, 15) is 14.4 Å². The molecular weight excluding hydrogens is 376 g/mol. The molecule has 0 radical (unpaired) electrons. The third-order valence-corrected chi connectivity index (χ3v) is 6.17. The number of primary amides is 1. The molecule has 2 amide bonds. The summed E-state index contributed by atoms with van der Waals surface area (Å²) in [4.78, 5) is 37.7. The van der Waals surface area contributed by atoms with E-state index in [1.165, 1.54) is 11.3 Å². The Labute approximate surface area is 168 Å². The van der Waals surface area contributed by atoms with Gasteiger partial charge in [0.15, 0.2) is 5.78 Å². The fourth-order valence-electron chi connectivity index (χ4n) is 3.44. The van der Waals surface area contributed by atoms with E-state index in [0.717, 1.165) is 29.7 Å². The number of anilines is 1. The van der Waals surface area contributed by atoms with Gasteiger partial charge in [-0.15, -0.1) is 11.3 Å². The van der Waals surface area contributed by atoms with Crippen LogP contribution in [-0.4, -0.2) is 24.7 Å². The van der Waals surface area contributed by atoms with Crippen LogP contribution in [0.2, 0.25) is 0 Å². The predicted molar refractivity (Wildman–Crippen MR) is 109 cm³/mol. The van der Waals surface area contributed by atoms with Crippen LogP contribution in [0.1, 0.15) is 57.3 Å². The summed E-state index contributed by atoms with van der Waals surface area (Å²) in [7, 11) is 1.56. The highest BCUT2D eigenvalue weighted by Gasteiger charge is 2.27. The molecule has 0 saturated carbocycles. The first-order valence-electron chi connectivity index (χ1n) is 9.30. The molecule has 0 bridgehead atoms. The summed E-state index contributed by atoms with van der Waals surface area (Å²) in [5.74, 6) is 0.293. The second-order valence-corrected chi connectivity index (χ2v) is 8.23. The van der Waals surface area contributed by atoms with Crippen molar-refractivity contribution in [1.29, 1.82) is 0 Å². The molecule has 1 unspecified atom stereocenters. The Balaban J connectivity index is 1.64. The number of nitrogens with one attached hydrogen (secondary N) is 1. The summed E-state index contributed by atoms with van der Waals surface area (Å²) in [5, 5.41) is 3.30. The zero-order valence-electron chi connectivity index (χ0n) is 16.0. The van der Waals surface area contributed by atoms with E-state index < -0.39 is 5.91 Å². The lowest BCUT2D eigenvalue weighted by Gasteiger charge is -2.18. The highest BCUT2D eigenvalue weighted by molar-refractivity contribution is 7.17. The molecule has 3 N–H and O–H groups in total. The molecule has 6 nitrogen and oxygen atoms in total. The maximum Gasteiger partial charge on any atom is 0.251 e. The summed E-state index contributed by atoms with van der Waals surface area (Å²) in [6.07, 6.45) is 2.84. The van der Waals surface area contributed by atoms with Crippen LogP contribution in [0.3, 0.4) is 0 Å². The van der Waals surface area contributed by atoms with Crippen LogP contribution in [0, 0.1) is 5.92 Å². The molecule has 0 fully saturated rings. The number of hydrogen-bond acceptors (Lipinski definition) is 5. The number of hydrogen-bond donors (Lipinski definition) is 2. The first kappa shape index (κ1) is 20.1. The molecule has 1 atom stereocenters. The maximum atomic E-state index is 12.4. The smallest absolute Gasteiger partial charge is 0.251 e. The maximum absolute atomic E-state index is 12.4. The van der Waals surface area contributed by atoms with Gasteiger partial charge in [0.05, 0.1) is 12.7 Å². The van der Waals surface area contributed by atoms with Crippen molar-refractivity contribution < 1.29 is 19.1 Å². The number of amides is 2. The zero-order chi connectivity index (χ0) is 20.3. The lowest BCUT2D eigenvalue weighted by Crippen LogP contribution is -2.19. The van der Waals surface area contributed by atoms with Gasteiger partial charge in [0.25, 0.3) is 5.91 Å². The molecule has 1 aromatic carbocycles. The largest absolute Gasteiger partial charge is 0.497 e. The van der Waals surface area contributed by atoms with E-state index in [0.29, 0.717) is 27.8 Å². The van der Waals surface area contributed by atoms with E-state index in [1.54, 1.807) is 31.4 Å². The monoisotopic (exact) mass is 400 g/mol. The Kier molecular flexibility index (Phi) is 6.14. The van der Waals surface area contributed by atoms with Gasteiger partial charge in [0, 0.05) is 23.3 Å². The Morgan fingerprint density at radius 2 is 1.93 bits per heavy atom. The molecule has 7 heteroatoms. The van der Waals surface area contributed by atoms with E-state index in [1.807, 2.05) is 0 Å². The van der Waals surface area contributed by atoms with Crippen molar-refractivity contribution in [3.63, 3.8) is 0 Å². The van der Waals surface area contributed by atoms with Gasteiger partial charge in [0.2, 0.25) is 5.91 Å². The highest BCUT2D eigenvalue weighted by Crippen LogP contribution is 2.39. The first-order chi connectivity index (χ1) is 13.4. The number of ether oxygens (including phenoxy) is 1. The molecule has 1 aliphatic rings. The van der Waals surface area contributed by atoms with Gasteiger partial charge in [-0.3, -0.25) is 14.4 Å². The lowest BCUT2D eigenvalue weighted by atomic mass is 9.88.